The minimum Gasteiger partial charge on any atom is -0.493 e. The van der Waals surface area contributed by atoms with Crippen molar-refractivity contribution in [3.63, 3.8) is 0 Å². The van der Waals surface area contributed by atoms with E-state index in [9.17, 15) is 13.2 Å². The molecule has 0 saturated heterocycles. The Morgan fingerprint density at radius 2 is 1.56 bits per heavy atom. The molecule has 3 rings (SSSR count). The van der Waals surface area contributed by atoms with E-state index >= 15 is 0 Å². The molecule has 0 aromatic heterocycles. The second kappa shape index (κ2) is 12.1. The summed E-state index contributed by atoms with van der Waals surface area (Å²) in [5, 5.41) is 5.54. The van der Waals surface area contributed by atoms with Crippen LogP contribution in [0.4, 0.5) is 11.4 Å². The Kier molecular flexibility index (Phi) is 9.13. The summed E-state index contributed by atoms with van der Waals surface area (Å²) in [4.78, 5) is 12.5. The predicted molar refractivity (Wildman–Crippen MR) is 146 cm³/mol. The highest BCUT2D eigenvalue weighted by Crippen LogP contribution is 2.30. The van der Waals surface area contributed by atoms with E-state index in [-0.39, 0.29) is 15.8 Å². The number of anilines is 2. The lowest BCUT2D eigenvalue weighted by Crippen LogP contribution is -2.34. The third kappa shape index (κ3) is 6.86. The van der Waals surface area contributed by atoms with E-state index in [0.29, 0.717) is 39.5 Å². The smallest absolute Gasteiger partial charge is 0.265 e. The van der Waals surface area contributed by atoms with E-state index in [2.05, 4.69) is 31.3 Å². The fraction of sp³-hybridized carbons (Fsp3) is 0.167. The number of carbonyl (C=O) groups excluding carboxylic acids is 1. The standard InChI is InChI=1S/C24H24BrN3O6S2/c1-4-34-20-12-6-16(25)14-22(20)36(30,31)28-18-9-7-17(8-10-18)26-24(35)27-23(29)15-5-11-19(32-2)21(13-15)33-3/h5-14,28H,4H2,1-3H3,(H2,26,27,29,35). The number of amides is 1. The summed E-state index contributed by atoms with van der Waals surface area (Å²) >= 11 is 8.52. The maximum absolute atomic E-state index is 12.9. The summed E-state index contributed by atoms with van der Waals surface area (Å²) in [6.45, 7) is 2.10. The Labute approximate surface area is 223 Å². The molecule has 0 fully saturated rings. The minimum absolute atomic E-state index is 0.0139. The Morgan fingerprint density at radius 3 is 2.19 bits per heavy atom. The zero-order chi connectivity index (χ0) is 26.3. The van der Waals surface area contributed by atoms with Gasteiger partial charge >= 0.3 is 0 Å². The van der Waals surface area contributed by atoms with Crippen LogP contribution in [0.3, 0.4) is 0 Å². The molecule has 9 nitrogen and oxygen atoms in total. The van der Waals surface area contributed by atoms with Crippen LogP contribution in [0.1, 0.15) is 17.3 Å². The van der Waals surface area contributed by atoms with Crippen molar-refractivity contribution in [3.05, 3.63) is 70.7 Å². The van der Waals surface area contributed by atoms with E-state index in [0.717, 1.165) is 0 Å². The molecule has 3 N–H and O–H groups in total. The van der Waals surface area contributed by atoms with Crippen LogP contribution in [0.25, 0.3) is 0 Å². The van der Waals surface area contributed by atoms with Crippen molar-refractivity contribution in [3.8, 4) is 17.2 Å². The van der Waals surface area contributed by atoms with Crippen molar-refractivity contribution in [1.82, 2.24) is 5.32 Å². The average Bonchev–Trinajstić information content (AvgIpc) is 2.85. The zero-order valence-electron chi connectivity index (χ0n) is 19.6. The van der Waals surface area contributed by atoms with Crippen LogP contribution in [0.2, 0.25) is 0 Å². The lowest BCUT2D eigenvalue weighted by molar-refractivity contribution is 0.0977. The van der Waals surface area contributed by atoms with Crippen LogP contribution in [-0.2, 0) is 10.0 Å². The number of thiocarbonyl (C=S) groups is 1. The first kappa shape index (κ1) is 27.2. The number of sulfonamides is 1. The molecule has 0 radical (unpaired) electrons. The predicted octanol–water partition coefficient (Wildman–Crippen LogP) is 4.79. The van der Waals surface area contributed by atoms with Gasteiger partial charge in [0.05, 0.1) is 20.8 Å². The molecule has 0 bridgehead atoms. The molecular formula is C24H24BrN3O6S2. The molecule has 3 aromatic carbocycles. The number of carbonyl (C=O) groups is 1. The topological polar surface area (TPSA) is 115 Å². The van der Waals surface area contributed by atoms with Crippen LogP contribution in [0.15, 0.2) is 70.0 Å². The summed E-state index contributed by atoms with van der Waals surface area (Å²) in [6, 6.07) is 15.9. The van der Waals surface area contributed by atoms with Gasteiger partial charge in [-0.15, -0.1) is 0 Å². The normalized spacial score (nSPS) is 10.8. The van der Waals surface area contributed by atoms with Gasteiger partial charge in [-0.05, 0) is 79.8 Å². The number of halogens is 1. The largest absolute Gasteiger partial charge is 0.493 e. The minimum atomic E-state index is -3.91. The van der Waals surface area contributed by atoms with Gasteiger partial charge in [-0.25, -0.2) is 8.42 Å². The average molecular weight is 595 g/mol. The molecule has 36 heavy (non-hydrogen) atoms. The van der Waals surface area contributed by atoms with Crippen molar-refractivity contribution >= 4 is 60.6 Å². The third-order valence-electron chi connectivity index (χ3n) is 4.76. The number of methoxy groups -OCH3 is 2. The molecule has 0 saturated carbocycles. The molecule has 0 heterocycles. The number of ether oxygens (including phenoxy) is 3. The third-order valence-corrected chi connectivity index (χ3v) is 6.86. The maximum atomic E-state index is 12.9. The number of nitrogens with one attached hydrogen (secondary N) is 3. The SMILES string of the molecule is CCOc1ccc(Br)cc1S(=O)(=O)Nc1ccc(NC(=S)NC(=O)c2ccc(OC)c(OC)c2)cc1. The first-order valence-electron chi connectivity index (χ1n) is 10.6. The summed E-state index contributed by atoms with van der Waals surface area (Å²) < 4.78 is 44.9. The lowest BCUT2D eigenvalue weighted by Gasteiger charge is -2.14. The van der Waals surface area contributed by atoms with Gasteiger partial charge in [0, 0.05) is 21.4 Å². The van der Waals surface area contributed by atoms with E-state index < -0.39 is 15.9 Å². The number of rotatable bonds is 9. The fourth-order valence-corrected chi connectivity index (χ4v) is 5.07. The Morgan fingerprint density at radius 1 is 0.917 bits per heavy atom. The van der Waals surface area contributed by atoms with Crippen molar-refractivity contribution in [2.24, 2.45) is 0 Å². The first-order valence-corrected chi connectivity index (χ1v) is 13.2. The molecule has 0 atom stereocenters. The van der Waals surface area contributed by atoms with Gasteiger partial charge in [0.25, 0.3) is 15.9 Å². The second-order valence-corrected chi connectivity index (χ2v) is 10.2. The highest BCUT2D eigenvalue weighted by molar-refractivity contribution is 9.10. The monoisotopic (exact) mass is 593 g/mol. The van der Waals surface area contributed by atoms with Gasteiger partial charge < -0.3 is 19.5 Å². The van der Waals surface area contributed by atoms with E-state index in [1.807, 2.05) is 0 Å². The van der Waals surface area contributed by atoms with Gasteiger partial charge in [-0.2, -0.15) is 0 Å². The van der Waals surface area contributed by atoms with Crippen molar-refractivity contribution in [2.45, 2.75) is 11.8 Å². The molecule has 12 heteroatoms. The number of hydrogen-bond acceptors (Lipinski definition) is 7. The molecule has 0 unspecified atom stereocenters. The molecule has 0 aliphatic rings. The van der Waals surface area contributed by atoms with Crippen LogP contribution >= 0.6 is 28.1 Å². The summed E-state index contributed by atoms with van der Waals surface area (Å²) in [7, 11) is -0.925. The van der Waals surface area contributed by atoms with Crippen LogP contribution in [0, 0.1) is 0 Å². The van der Waals surface area contributed by atoms with Gasteiger partial charge in [-0.1, -0.05) is 15.9 Å². The molecule has 0 aliphatic carbocycles. The Hall–Kier alpha value is -3.35. The lowest BCUT2D eigenvalue weighted by atomic mass is 10.2. The van der Waals surface area contributed by atoms with Crippen molar-refractivity contribution in [1.29, 1.82) is 0 Å². The van der Waals surface area contributed by atoms with E-state index in [4.69, 9.17) is 26.4 Å². The summed E-state index contributed by atoms with van der Waals surface area (Å²) in [5.74, 6) is 0.733. The summed E-state index contributed by atoms with van der Waals surface area (Å²) in [6.07, 6.45) is 0. The van der Waals surface area contributed by atoms with Crippen LogP contribution in [-0.4, -0.2) is 40.3 Å². The van der Waals surface area contributed by atoms with E-state index in [1.165, 1.54) is 20.3 Å². The van der Waals surface area contributed by atoms with Gasteiger partial charge in [0.1, 0.15) is 10.6 Å². The molecular weight excluding hydrogens is 570 g/mol. The van der Waals surface area contributed by atoms with Crippen LogP contribution < -0.4 is 29.6 Å². The quantitative estimate of drug-likeness (QED) is 0.303. The molecule has 0 aliphatic heterocycles. The highest BCUT2D eigenvalue weighted by atomic mass is 79.9. The van der Waals surface area contributed by atoms with Crippen LogP contribution in [0.5, 0.6) is 17.2 Å². The number of benzene rings is 3. The first-order chi connectivity index (χ1) is 17.2. The van der Waals surface area contributed by atoms with Gasteiger partial charge in [0.15, 0.2) is 16.6 Å². The molecule has 1 amide bonds. The highest BCUT2D eigenvalue weighted by Gasteiger charge is 2.20. The Bertz CT molecular complexity index is 1360. The maximum Gasteiger partial charge on any atom is 0.265 e. The van der Waals surface area contributed by atoms with Gasteiger partial charge in [-0.3, -0.25) is 14.8 Å². The number of hydrogen-bond donors (Lipinski definition) is 3. The second-order valence-electron chi connectivity index (χ2n) is 7.18. The molecule has 190 valence electrons. The molecule has 3 aromatic rings. The molecule has 0 spiro atoms. The van der Waals surface area contributed by atoms with Crippen molar-refractivity contribution in [2.75, 3.05) is 30.9 Å². The van der Waals surface area contributed by atoms with Crippen molar-refractivity contribution < 1.29 is 27.4 Å². The summed E-state index contributed by atoms with van der Waals surface area (Å²) in [5.41, 5.74) is 1.22. The zero-order valence-corrected chi connectivity index (χ0v) is 22.8. The Balaban J connectivity index is 1.65. The van der Waals surface area contributed by atoms with Gasteiger partial charge in [0.2, 0.25) is 0 Å². The fourth-order valence-electron chi connectivity index (χ4n) is 3.11. The van der Waals surface area contributed by atoms with E-state index in [1.54, 1.807) is 61.5 Å².